The van der Waals surface area contributed by atoms with Gasteiger partial charge in [-0.1, -0.05) is 0 Å². The number of nitrogen functional groups attached to an aromatic ring is 1. The van der Waals surface area contributed by atoms with Gasteiger partial charge < -0.3 is 5.73 Å². The first-order chi connectivity index (χ1) is 5.57. The third-order valence-electron chi connectivity index (χ3n) is 1.32. The first-order valence-corrected chi connectivity index (χ1v) is 2.91. The van der Waals surface area contributed by atoms with Gasteiger partial charge in [-0.3, -0.25) is 0 Å². The molecule has 0 saturated carbocycles. The van der Waals surface area contributed by atoms with Gasteiger partial charge in [0, 0.05) is 6.07 Å². The van der Waals surface area contributed by atoms with Crippen LogP contribution in [-0.4, -0.2) is 0 Å². The summed E-state index contributed by atoms with van der Waals surface area (Å²) in [6.45, 7) is 0. The predicted octanol–water partition coefficient (Wildman–Crippen LogP) is 1.56. The molecular weight excluding hydrogens is 169 g/mol. The highest BCUT2D eigenvalue weighted by molar-refractivity contribution is 5.55. The van der Waals surface area contributed by atoms with E-state index in [1.54, 1.807) is 0 Å². The molecule has 0 aliphatic heterocycles. The maximum atomic E-state index is 12.6. The van der Waals surface area contributed by atoms with Crippen molar-refractivity contribution in [1.29, 1.82) is 5.26 Å². The van der Waals surface area contributed by atoms with E-state index in [-0.39, 0.29) is 0 Å². The zero-order chi connectivity index (χ0) is 9.30. The smallest absolute Gasteiger partial charge is 0.178 e. The van der Waals surface area contributed by atoms with Crippen molar-refractivity contribution in [3.63, 3.8) is 0 Å². The second kappa shape index (κ2) is 2.74. The summed E-state index contributed by atoms with van der Waals surface area (Å²) in [6, 6.07) is 1.56. The van der Waals surface area contributed by atoms with Gasteiger partial charge >= 0.3 is 0 Å². The molecule has 5 heteroatoms. The summed E-state index contributed by atoms with van der Waals surface area (Å²) in [7, 11) is 0. The first kappa shape index (κ1) is 8.40. The van der Waals surface area contributed by atoms with Gasteiger partial charge in [-0.2, -0.15) is 5.26 Å². The van der Waals surface area contributed by atoms with E-state index >= 15 is 0 Å². The van der Waals surface area contributed by atoms with Crippen LogP contribution in [0.3, 0.4) is 0 Å². The summed E-state index contributed by atoms with van der Waals surface area (Å²) in [5.74, 6) is -3.97. The van der Waals surface area contributed by atoms with Crippen molar-refractivity contribution in [3.05, 3.63) is 29.1 Å². The highest BCUT2D eigenvalue weighted by Crippen LogP contribution is 2.21. The zero-order valence-corrected chi connectivity index (χ0v) is 5.74. The minimum absolute atomic E-state index is 0.297. The molecule has 62 valence electrons. The third-order valence-corrected chi connectivity index (χ3v) is 1.32. The Morgan fingerprint density at radius 2 is 1.83 bits per heavy atom. The Morgan fingerprint density at radius 3 is 2.33 bits per heavy atom. The van der Waals surface area contributed by atoms with Crippen LogP contribution in [0.15, 0.2) is 6.07 Å². The number of nitrogens with zero attached hydrogens (tertiary/aromatic N) is 1. The summed E-state index contributed by atoms with van der Waals surface area (Å²) < 4.78 is 37.5. The number of nitrogens with two attached hydrogens (primary N) is 1. The predicted molar refractivity (Wildman–Crippen MR) is 35.4 cm³/mol. The van der Waals surface area contributed by atoms with Gasteiger partial charge in [-0.05, 0) is 0 Å². The first-order valence-electron chi connectivity index (χ1n) is 2.91. The second-order valence-electron chi connectivity index (χ2n) is 2.05. The van der Waals surface area contributed by atoms with Crippen LogP contribution in [-0.2, 0) is 0 Å². The maximum absolute atomic E-state index is 12.6. The van der Waals surface area contributed by atoms with E-state index in [0.29, 0.717) is 6.07 Å². The normalized spacial score (nSPS) is 9.50. The van der Waals surface area contributed by atoms with Crippen molar-refractivity contribution in [2.24, 2.45) is 0 Å². The van der Waals surface area contributed by atoms with E-state index in [9.17, 15) is 13.2 Å². The SMILES string of the molecule is N#Cc1c(N)c(F)cc(F)c1F. The lowest BCUT2D eigenvalue weighted by Gasteiger charge is -2.00. The van der Waals surface area contributed by atoms with Crippen LogP contribution in [0.4, 0.5) is 18.9 Å². The molecule has 0 aliphatic carbocycles. The highest BCUT2D eigenvalue weighted by atomic mass is 19.2. The average molecular weight is 172 g/mol. The Bertz CT molecular complexity index is 342. The lowest BCUT2D eigenvalue weighted by atomic mass is 10.2. The van der Waals surface area contributed by atoms with Crippen LogP contribution in [0.1, 0.15) is 5.56 Å². The Kier molecular flexibility index (Phi) is 1.92. The molecule has 2 nitrogen and oxygen atoms in total. The third kappa shape index (κ3) is 1.07. The van der Waals surface area contributed by atoms with Gasteiger partial charge in [-0.15, -0.1) is 0 Å². The van der Waals surface area contributed by atoms with Gasteiger partial charge in [0.25, 0.3) is 0 Å². The van der Waals surface area contributed by atoms with E-state index in [0.717, 1.165) is 0 Å². The topological polar surface area (TPSA) is 49.8 Å². The van der Waals surface area contributed by atoms with E-state index < -0.39 is 28.7 Å². The number of halogens is 3. The lowest BCUT2D eigenvalue weighted by Crippen LogP contribution is -2.00. The van der Waals surface area contributed by atoms with Crippen molar-refractivity contribution in [2.45, 2.75) is 0 Å². The molecule has 0 fully saturated rings. The Balaban J connectivity index is 3.56. The molecule has 0 saturated heterocycles. The molecule has 1 aromatic rings. The minimum Gasteiger partial charge on any atom is -0.395 e. The number of anilines is 1. The molecule has 0 aromatic heterocycles. The minimum atomic E-state index is -1.42. The number of hydrogen-bond acceptors (Lipinski definition) is 2. The van der Waals surface area contributed by atoms with Gasteiger partial charge in [0.2, 0.25) is 0 Å². The van der Waals surface area contributed by atoms with Crippen LogP contribution in [0, 0.1) is 28.8 Å². The quantitative estimate of drug-likeness (QED) is 0.476. The molecule has 0 bridgehead atoms. The zero-order valence-electron chi connectivity index (χ0n) is 5.74. The number of hydrogen-bond donors (Lipinski definition) is 1. The largest absolute Gasteiger partial charge is 0.395 e. The number of benzene rings is 1. The fraction of sp³-hybridized carbons (Fsp3) is 0. The monoisotopic (exact) mass is 172 g/mol. The molecule has 0 unspecified atom stereocenters. The molecular formula is C7H3F3N2. The lowest BCUT2D eigenvalue weighted by molar-refractivity contribution is 0.494. The Hall–Kier alpha value is -1.70. The molecule has 1 rings (SSSR count). The van der Waals surface area contributed by atoms with Crippen LogP contribution < -0.4 is 5.73 Å². The van der Waals surface area contributed by atoms with E-state index in [2.05, 4.69) is 0 Å². The summed E-state index contributed by atoms with van der Waals surface area (Å²) in [4.78, 5) is 0. The average Bonchev–Trinajstić information content (AvgIpc) is 2.02. The van der Waals surface area contributed by atoms with Crippen molar-refractivity contribution >= 4 is 5.69 Å². The van der Waals surface area contributed by atoms with E-state index in [1.807, 2.05) is 0 Å². The molecule has 0 aliphatic rings. The van der Waals surface area contributed by atoms with Crippen LogP contribution >= 0.6 is 0 Å². The summed E-state index contributed by atoms with van der Waals surface area (Å²) in [5, 5.41) is 8.24. The molecule has 2 N–H and O–H groups in total. The van der Waals surface area contributed by atoms with Crippen molar-refractivity contribution in [3.8, 4) is 6.07 Å². The van der Waals surface area contributed by atoms with Gasteiger partial charge in [-0.25, -0.2) is 13.2 Å². The highest BCUT2D eigenvalue weighted by Gasteiger charge is 2.15. The Labute approximate surface area is 66.0 Å². The summed E-state index contributed by atoms with van der Waals surface area (Å²) in [6.07, 6.45) is 0. The standard InChI is InChI=1S/C7H3F3N2/c8-4-1-5(9)7(12)3(2-11)6(4)10/h1H,12H2. The van der Waals surface area contributed by atoms with Crippen LogP contribution in [0.2, 0.25) is 0 Å². The van der Waals surface area contributed by atoms with Crippen molar-refractivity contribution < 1.29 is 13.2 Å². The van der Waals surface area contributed by atoms with Crippen molar-refractivity contribution in [1.82, 2.24) is 0 Å². The van der Waals surface area contributed by atoms with Crippen LogP contribution in [0.5, 0.6) is 0 Å². The van der Waals surface area contributed by atoms with Gasteiger partial charge in [0.05, 0.1) is 5.69 Å². The summed E-state index contributed by atoms with van der Waals surface area (Å²) >= 11 is 0. The molecule has 0 radical (unpaired) electrons. The molecule has 0 amide bonds. The van der Waals surface area contributed by atoms with Crippen LogP contribution in [0.25, 0.3) is 0 Å². The Morgan fingerprint density at radius 1 is 1.25 bits per heavy atom. The molecule has 0 spiro atoms. The summed E-state index contributed by atoms with van der Waals surface area (Å²) in [5.41, 5.74) is 3.49. The second-order valence-corrected chi connectivity index (χ2v) is 2.05. The van der Waals surface area contributed by atoms with Gasteiger partial charge in [0.1, 0.15) is 11.6 Å². The molecule has 0 heterocycles. The van der Waals surface area contributed by atoms with E-state index in [1.165, 1.54) is 6.07 Å². The fourth-order valence-electron chi connectivity index (χ4n) is 0.719. The molecule has 12 heavy (non-hydrogen) atoms. The van der Waals surface area contributed by atoms with Crippen molar-refractivity contribution in [2.75, 3.05) is 5.73 Å². The maximum Gasteiger partial charge on any atom is 0.178 e. The fourth-order valence-corrected chi connectivity index (χ4v) is 0.719. The van der Waals surface area contributed by atoms with Gasteiger partial charge in [0.15, 0.2) is 17.5 Å². The molecule has 0 atom stereocenters. The number of rotatable bonds is 0. The van der Waals surface area contributed by atoms with E-state index in [4.69, 9.17) is 11.0 Å². The number of nitriles is 1. The molecule has 1 aromatic carbocycles.